The second-order valence-corrected chi connectivity index (χ2v) is 8.54. The van der Waals surface area contributed by atoms with Gasteiger partial charge in [-0.15, -0.1) is 0 Å². The third kappa shape index (κ3) is 5.17. The molecule has 31 heavy (non-hydrogen) atoms. The quantitative estimate of drug-likeness (QED) is 0.530. The summed E-state index contributed by atoms with van der Waals surface area (Å²) >= 11 is 7.39. The predicted molar refractivity (Wildman–Crippen MR) is 115 cm³/mol. The standard InChI is InChI=1S/C21H19ClF3N3O2S/c22-16-5-6-17-18(13-16)31-20(26-17)28(8-7-27-9-11-30-12-10-27)19(29)14-1-3-15(4-2-14)21(23,24)25/h1-6,13H,7-12H2. The Balaban J connectivity index is 1.62. The van der Waals surface area contributed by atoms with E-state index in [9.17, 15) is 18.0 Å². The molecule has 2 heterocycles. The lowest BCUT2D eigenvalue weighted by molar-refractivity contribution is -0.137. The molecule has 1 amide bonds. The van der Waals surface area contributed by atoms with E-state index < -0.39 is 17.6 Å². The van der Waals surface area contributed by atoms with E-state index in [4.69, 9.17) is 16.3 Å². The minimum absolute atomic E-state index is 0.173. The first-order chi connectivity index (χ1) is 14.8. The summed E-state index contributed by atoms with van der Waals surface area (Å²) in [4.78, 5) is 21.5. The molecule has 1 aromatic heterocycles. The molecule has 0 spiro atoms. The van der Waals surface area contributed by atoms with Crippen LogP contribution in [0.5, 0.6) is 0 Å². The maximum absolute atomic E-state index is 13.3. The molecule has 1 fully saturated rings. The molecule has 5 nitrogen and oxygen atoms in total. The van der Waals surface area contributed by atoms with Gasteiger partial charge in [0.25, 0.3) is 5.91 Å². The number of carbonyl (C=O) groups excluding carboxylic acids is 1. The average molecular weight is 470 g/mol. The molecular formula is C21H19ClF3N3O2S. The zero-order valence-corrected chi connectivity index (χ0v) is 17.9. The molecule has 0 atom stereocenters. The van der Waals surface area contributed by atoms with Crippen molar-refractivity contribution in [2.45, 2.75) is 6.18 Å². The number of hydrogen-bond donors (Lipinski definition) is 0. The number of hydrogen-bond acceptors (Lipinski definition) is 5. The summed E-state index contributed by atoms with van der Waals surface area (Å²) in [6, 6.07) is 9.54. The van der Waals surface area contributed by atoms with Crippen LogP contribution in [-0.4, -0.2) is 55.2 Å². The Bertz CT molecular complexity index is 1070. The van der Waals surface area contributed by atoms with Crippen LogP contribution in [-0.2, 0) is 10.9 Å². The van der Waals surface area contributed by atoms with Gasteiger partial charge in [0.15, 0.2) is 5.13 Å². The van der Waals surface area contributed by atoms with Gasteiger partial charge in [-0.25, -0.2) is 4.98 Å². The first kappa shape index (κ1) is 22.0. The zero-order valence-electron chi connectivity index (χ0n) is 16.4. The third-order valence-corrected chi connectivity index (χ3v) is 6.29. The van der Waals surface area contributed by atoms with Gasteiger partial charge in [-0.05, 0) is 42.5 Å². The van der Waals surface area contributed by atoms with Gasteiger partial charge >= 0.3 is 6.18 Å². The minimum atomic E-state index is -4.45. The summed E-state index contributed by atoms with van der Waals surface area (Å²) in [5.74, 6) is -0.396. The highest BCUT2D eigenvalue weighted by Gasteiger charge is 2.31. The van der Waals surface area contributed by atoms with Gasteiger partial charge < -0.3 is 4.74 Å². The SMILES string of the molecule is O=C(c1ccc(C(F)(F)F)cc1)N(CCN1CCOCC1)c1nc2ccc(Cl)cc2s1. The van der Waals surface area contributed by atoms with Gasteiger partial charge in [-0.2, -0.15) is 13.2 Å². The maximum atomic E-state index is 13.3. The summed E-state index contributed by atoms with van der Waals surface area (Å²) in [6.07, 6.45) is -4.45. The average Bonchev–Trinajstić information content (AvgIpc) is 3.16. The number of alkyl halides is 3. The molecule has 4 rings (SSSR count). The molecule has 2 aromatic carbocycles. The Morgan fingerprint density at radius 1 is 1.16 bits per heavy atom. The van der Waals surface area contributed by atoms with E-state index in [0.717, 1.165) is 29.9 Å². The fourth-order valence-corrected chi connectivity index (χ4v) is 4.58. The van der Waals surface area contributed by atoms with Gasteiger partial charge in [-0.1, -0.05) is 22.9 Å². The zero-order chi connectivity index (χ0) is 22.0. The van der Waals surface area contributed by atoms with Crippen molar-refractivity contribution in [2.75, 3.05) is 44.3 Å². The van der Waals surface area contributed by atoms with Crippen molar-refractivity contribution in [3.8, 4) is 0 Å². The molecule has 0 aliphatic carbocycles. The van der Waals surface area contributed by atoms with Gasteiger partial charge in [0, 0.05) is 36.8 Å². The number of anilines is 1. The maximum Gasteiger partial charge on any atom is 0.416 e. The van der Waals surface area contributed by atoms with Crippen molar-refractivity contribution in [3.05, 3.63) is 58.6 Å². The molecule has 0 bridgehead atoms. The number of amides is 1. The van der Waals surface area contributed by atoms with Crippen LogP contribution >= 0.6 is 22.9 Å². The van der Waals surface area contributed by atoms with Crippen LogP contribution in [0.25, 0.3) is 10.2 Å². The van der Waals surface area contributed by atoms with E-state index in [1.54, 1.807) is 18.2 Å². The van der Waals surface area contributed by atoms with Crippen LogP contribution in [0.1, 0.15) is 15.9 Å². The van der Waals surface area contributed by atoms with E-state index in [-0.39, 0.29) is 5.56 Å². The lowest BCUT2D eigenvalue weighted by Crippen LogP contribution is -2.43. The monoisotopic (exact) mass is 469 g/mol. The summed E-state index contributed by atoms with van der Waals surface area (Å²) < 4.78 is 44.9. The Labute approximate surface area is 186 Å². The molecule has 0 N–H and O–H groups in total. The molecule has 3 aromatic rings. The number of ether oxygens (including phenoxy) is 1. The Kier molecular flexibility index (Phi) is 6.47. The second-order valence-electron chi connectivity index (χ2n) is 7.09. The molecule has 0 unspecified atom stereocenters. The van der Waals surface area contributed by atoms with Crippen LogP contribution in [0, 0.1) is 0 Å². The molecule has 10 heteroatoms. The number of nitrogens with zero attached hydrogens (tertiary/aromatic N) is 3. The van der Waals surface area contributed by atoms with Crippen LogP contribution in [0.3, 0.4) is 0 Å². The Hall–Kier alpha value is -2.20. The summed E-state index contributed by atoms with van der Waals surface area (Å²) in [6.45, 7) is 3.74. The van der Waals surface area contributed by atoms with Gasteiger partial charge in [-0.3, -0.25) is 14.6 Å². The van der Waals surface area contributed by atoms with E-state index in [2.05, 4.69) is 9.88 Å². The molecule has 0 saturated carbocycles. The number of aromatic nitrogens is 1. The number of benzene rings is 2. The van der Waals surface area contributed by atoms with Crippen LogP contribution in [0.2, 0.25) is 5.02 Å². The number of carbonyl (C=O) groups is 1. The predicted octanol–water partition coefficient (Wildman–Crippen LogP) is 4.95. The largest absolute Gasteiger partial charge is 0.416 e. The highest BCUT2D eigenvalue weighted by Crippen LogP contribution is 2.32. The normalized spacial score (nSPS) is 15.4. The highest BCUT2D eigenvalue weighted by atomic mass is 35.5. The molecular weight excluding hydrogens is 451 g/mol. The molecule has 1 saturated heterocycles. The Morgan fingerprint density at radius 2 is 1.87 bits per heavy atom. The molecule has 1 aliphatic heterocycles. The van der Waals surface area contributed by atoms with Gasteiger partial charge in [0.05, 0.1) is 29.0 Å². The van der Waals surface area contributed by atoms with Crippen molar-refractivity contribution < 1.29 is 22.7 Å². The topological polar surface area (TPSA) is 45.7 Å². The first-order valence-corrected chi connectivity index (χ1v) is 10.9. The van der Waals surface area contributed by atoms with Crippen molar-refractivity contribution >= 4 is 44.2 Å². The van der Waals surface area contributed by atoms with Crippen LogP contribution in [0.15, 0.2) is 42.5 Å². The van der Waals surface area contributed by atoms with E-state index >= 15 is 0 Å². The molecule has 1 aliphatic rings. The summed E-state index contributed by atoms with van der Waals surface area (Å²) in [5, 5.41) is 1.05. The number of rotatable bonds is 5. The second kappa shape index (κ2) is 9.12. The number of halogens is 4. The number of fused-ring (bicyclic) bond motifs is 1. The number of thiazole rings is 1. The summed E-state index contributed by atoms with van der Waals surface area (Å²) in [5.41, 5.74) is 0.0896. The lowest BCUT2D eigenvalue weighted by Gasteiger charge is -2.29. The summed E-state index contributed by atoms with van der Waals surface area (Å²) in [7, 11) is 0. The minimum Gasteiger partial charge on any atom is -0.379 e. The third-order valence-electron chi connectivity index (χ3n) is 5.02. The number of morpholine rings is 1. The van der Waals surface area contributed by atoms with Crippen molar-refractivity contribution in [1.82, 2.24) is 9.88 Å². The van der Waals surface area contributed by atoms with E-state index in [1.165, 1.54) is 28.4 Å². The van der Waals surface area contributed by atoms with Crippen LogP contribution < -0.4 is 4.90 Å². The van der Waals surface area contributed by atoms with Crippen molar-refractivity contribution in [2.24, 2.45) is 0 Å². The fraction of sp³-hybridized carbons (Fsp3) is 0.333. The van der Waals surface area contributed by atoms with Crippen LogP contribution in [0.4, 0.5) is 18.3 Å². The molecule has 0 radical (unpaired) electrons. The van der Waals surface area contributed by atoms with E-state index in [1.807, 2.05) is 0 Å². The lowest BCUT2D eigenvalue weighted by atomic mass is 10.1. The van der Waals surface area contributed by atoms with Gasteiger partial charge in [0.2, 0.25) is 0 Å². The Morgan fingerprint density at radius 3 is 2.55 bits per heavy atom. The molecule has 164 valence electrons. The smallest absolute Gasteiger partial charge is 0.379 e. The van der Waals surface area contributed by atoms with E-state index in [0.29, 0.717) is 42.0 Å². The van der Waals surface area contributed by atoms with Crippen molar-refractivity contribution in [1.29, 1.82) is 0 Å². The van der Waals surface area contributed by atoms with Gasteiger partial charge in [0.1, 0.15) is 0 Å². The fourth-order valence-electron chi connectivity index (χ4n) is 3.31. The van der Waals surface area contributed by atoms with Crippen molar-refractivity contribution in [3.63, 3.8) is 0 Å². The first-order valence-electron chi connectivity index (χ1n) is 9.66. The highest BCUT2D eigenvalue weighted by molar-refractivity contribution is 7.22.